The van der Waals surface area contributed by atoms with Crippen molar-refractivity contribution in [1.29, 1.82) is 0 Å². The predicted octanol–water partition coefficient (Wildman–Crippen LogP) is 0.937. The molecule has 5 heteroatoms. The summed E-state index contributed by atoms with van der Waals surface area (Å²) in [6, 6.07) is 0. The van der Waals surface area contributed by atoms with Crippen LogP contribution in [0.1, 0.15) is 31.4 Å². The normalized spacial score (nSPS) is 28.8. The minimum absolute atomic E-state index is 0.0510. The van der Waals surface area contributed by atoms with Gasteiger partial charge in [0, 0.05) is 5.92 Å². The van der Waals surface area contributed by atoms with E-state index in [1.54, 1.807) is 0 Å². The molecule has 2 rings (SSSR count). The molecular weight excluding hydrogens is 182 g/mol. The minimum Gasteiger partial charge on any atom is -0.481 e. The summed E-state index contributed by atoms with van der Waals surface area (Å²) in [5.74, 6) is 0.192. The number of nitrogens with zero attached hydrogens (tertiary/aromatic N) is 2. The Labute approximate surface area is 81.6 Å². The molecule has 0 aliphatic heterocycles. The zero-order valence-electron chi connectivity index (χ0n) is 8.40. The van der Waals surface area contributed by atoms with Gasteiger partial charge in [0.25, 0.3) is 0 Å². The van der Waals surface area contributed by atoms with Gasteiger partial charge in [0.15, 0.2) is 5.82 Å². The fourth-order valence-electron chi connectivity index (χ4n) is 2.08. The van der Waals surface area contributed by atoms with Crippen LogP contribution in [-0.4, -0.2) is 26.3 Å². The highest BCUT2D eigenvalue weighted by atomic mass is 16.4. The molecule has 0 bridgehead atoms. The average Bonchev–Trinajstić information content (AvgIpc) is 2.42. The summed E-state index contributed by atoms with van der Waals surface area (Å²) in [7, 11) is 0. The predicted molar refractivity (Wildman–Crippen MR) is 48.8 cm³/mol. The first-order valence-corrected chi connectivity index (χ1v) is 4.56. The van der Waals surface area contributed by atoms with Crippen molar-refractivity contribution in [1.82, 2.24) is 15.2 Å². The van der Waals surface area contributed by atoms with Crippen LogP contribution in [0.2, 0.25) is 0 Å². The Morgan fingerprint density at radius 1 is 1.57 bits per heavy atom. The lowest BCUT2D eigenvalue weighted by atomic mass is 10.1. The average molecular weight is 195 g/mol. The van der Waals surface area contributed by atoms with Gasteiger partial charge in [-0.05, 0) is 12.3 Å². The third-order valence-corrected chi connectivity index (χ3v) is 2.99. The van der Waals surface area contributed by atoms with Crippen LogP contribution < -0.4 is 0 Å². The van der Waals surface area contributed by atoms with Crippen molar-refractivity contribution in [2.75, 3.05) is 0 Å². The first-order valence-electron chi connectivity index (χ1n) is 4.56. The number of aromatic nitrogens is 3. The molecule has 1 aliphatic rings. The van der Waals surface area contributed by atoms with Crippen LogP contribution in [0.5, 0.6) is 0 Å². The van der Waals surface area contributed by atoms with Gasteiger partial charge in [0.1, 0.15) is 5.82 Å². The summed E-state index contributed by atoms with van der Waals surface area (Å²) in [4.78, 5) is 15.1. The fourth-order valence-corrected chi connectivity index (χ4v) is 2.08. The largest absolute Gasteiger partial charge is 0.481 e. The molecule has 0 amide bonds. The van der Waals surface area contributed by atoms with E-state index in [4.69, 9.17) is 5.11 Å². The van der Waals surface area contributed by atoms with Crippen molar-refractivity contribution in [3.05, 3.63) is 11.6 Å². The number of aryl methyl sites for hydroxylation is 1. The van der Waals surface area contributed by atoms with E-state index in [0.29, 0.717) is 5.82 Å². The molecule has 2 atom stereocenters. The lowest BCUT2D eigenvalue weighted by Gasteiger charge is -1.96. The number of rotatable bonds is 2. The molecule has 1 heterocycles. The van der Waals surface area contributed by atoms with Gasteiger partial charge >= 0.3 is 5.97 Å². The second-order valence-corrected chi connectivity index (χ2v) is 4.39. The maximum Gasteiger partial charge on any atom is 0.307 e. The molecule has 5 nitrogen and oxygen atoms in total. The standard InChI is InChI=1S/C9H13N3O2/c1-4-10-7(12-11-4)5-6(8(13)14)9(5,2)3/h5-6H,1-3H3,(H,13,14)(H,10,11,12). The zero-order valence-corrected chi connectivity index (χ0v) is 8.40. The Bertz CT molecular complexity index is 383. The molecule has 1 aromatic heterocycles. The summed E-state index contributed by atoms with van der Waals surface area (Å²) in [5, 5.41) is 15.7. The summed E-state index contributed by atoms with van der Waals surface area (Å²) in [5.41, 5.74) is -0.222. The van der Waals surface area contributed by atoms with Crippen LogP contribution in [0, 0.1) is 18.3 Å². The molecule has 1 aromatic rings. The molecular formula is C9H13N3O2. The summed E-state index contributed by atoms with van der Waals surface area (Å²) >= 11 is 0. The van der Waals surface area contributed by atoms with Gasteiger partial charge in [-0.25, -0.2) is 4.98 Å². The number of aliphatic carboxylic acids is 1. The van der Waals surface area contributed by atoms with Crippen molar-refractivity contribution < 1.29 is 9.90 Å². The molecule has 0 radical (unpaired) electrons. The number of nitrogens with one attached hydrogen (secondary N) is 1. The minimum atomic E-state index is -0.762. The molecule has 0 aromatic carbocycles. The van der Waals surface area contributed by atoms with Crippen LogP contribution in [0.15, 0.2) is 0 Å². The van der Waals surface area contributed by atoms with E-state index in [2.05, 4.69) is 15.2 Å². The smallest absolute Gasteiger partial charge is 0.307 e. The van der Waals surface area contributed by atoms with Crippen molar-refractivity contribution in [2.45, 2.75) is 26.7 Å². The van der Waals surface area contributed by atoms with Crippen LogP contribution in [0.4, 0.5) is 0 Å². The lowest BCUT2D eigenvalue weighted by Crippen LogP contribution is -2.03. The number of carboxylic acid groups (broad SMARTS) is 1. The van der Waals surface area contributed by atoms with E-state index >= 15 is 0 Å². The Morgan fingerprint density at radius 2 is 2.21 bits per heavy atom. The molecule has 0 saturated heterocycles. The maximum atomic E-state index is 10.9. The SMILES string of the molecule is Cc1nc(C2C(C(=O)O)C2(C)C)n[nH]1. The number of carboxylic acids is 1. The summed E-state index contributed by atoms with van der Waals surface area (Å²) in [6.45, 7) is 5.67. The van der Waals surface area contributed by atoms with Crippen molar-refractivity contribution in [3.8, 4) is 0 Å². The second-order valence-electron chi connectivity index (χ2n) is 4.39. The molecule has 2 unspecified atom stereocenters. The van der Waals surface area contributed by atoms with Gasteiger partial charge in [-0.3, -0.25) is 9.89 Å². The van der Waals surface area contributed by atoms with E-state index in [9.17, 15) is 4.79 Å². The Kier molecular flexibility index (Phi) is 1.68. The number of hydrogen-bond acceptors (Lipinski definition) is 3. The highest BCUT2D eigenvalue weighted by Gasteiger charge is 2.64. The van der Waals surface area contributed by atoms with Gasteiger partial charge in [-0.15, -0.1) is 0 Å². The van der Waals surface area contributed by atoms with E-state index in [0.717, 1.165) is 5.82 Å². The molecule has 1 fully saturated rings. The first kappa shape index (κ1) is 9.18. The Hall–Kier alpha value is -1.39. The lowest BCUT2D eigenvalue weighted by molar-refractivity contribution is -0.139. The quantitative estimate of drug-likeness (QED) is 0.736. The van der Waals surface area contributed by atoms with Gasteiger partial charge in [0.2, 0.25) is 0 Å². The van der Waals surface area contributed by atoms with Crippen molar-refractivity contribution in [3.63, 3.8) is 0 Å². The monoisotopic (exact) mass is 195 g/mol. The number of hydrogen-bond donors (Lipinski definition) is 2. The molecule has 1 aliphatic carbocycles. The Balaban J connectivity index is 2.27. The van der Waals surface area contributed by atoms with E-state index in [1.165, 1.54) is 0 Å². The van der Waals surface area contributed by atoms with Gasteiger partial charge in [-0.1, -0.05) is 13.8 Å². The maximum absolute atomic E-state index is 10.9. The molecule has 76 valence electrons. The Morgan fingerprint density at radius 3 is 2.57 bits per heavy atom. The summed E-state index contributed by atoms with van der Waals surface area (Å²) < 4.78 is 0. The highest BCUT2D eigenvalue weighted by molar-refractivity contribution is 5.77. The van der Waals surface area contributed by atoms with E-state index in [-0.39, 0.29) is 17.3 Å². The first-order chi connectivity index (χ1) is 6.44. The van der Waals surface area contributed by atoms with Gasteiger partial charge < -0.3 is 5.11 Å². The third-order valence-electron chi connectivity index (χ3n) is 2.99. The second kappa shape index (κ2) is 2.56. The highest BCUT2D eigenvalue weighted by Crippen LogP contribution is 2.63. The summed E-state index contributed by atoms with van der Waals surface area (Å²) in [6.07, 6.45) is 0. The fraction of sp³-hybridized carbons (Fsp3) is 0.667. The third kappa shape index (κ3) is 1.12. The van der Waals surface area contributed by atoms with Gasteiger partial charge in [0.05, 0.1) is 5.92 Å². The van der Waals surface area contributed by atoms with Crippen LogP contribution in [0.25, 0.3) is 0 Å². The van der Waals surface area contributed by atoms with Crippen molar-refractivity contribution in [2.24, 2.45) is 11.3 Å². The van der Waals surface area contributed by atoms with Crippen LogP contribution in [0.3, 0.4) is 0 Å². The van der Waals surface area contributed by atoms with Crippen LogP contribution >= 0.6 is 0 Å². The van der Waals surface area contributed by atoms with Crippen molar-refractivity contribution >= 4 is 5.97 Å². The molecule has 1 saturated carbocycles. The van der Waals surface area contributed by atoms with E-state index < -0.39 is 5.97 Å². The van der Waals surface area contributed by atoms with E-state index in [1.807, 2.05) is 20.8 Å². The van der Waals surface area contributed by atoms with Crippen LogP contribution in [-0.2, 0) is 4.79 Å². The topological polar surface area (TPSA) is 78.9 Å². The molecule has 2 N–H and O–H groups in total. The molecule has 14 heavy (non-hydrogen) atoms. The number of H-pyrrole nitrogens is 1. The number of aromatic amines is 1. The number of carbonyl (C=O) groups is 1. The molecule has 0 spiro atoms. The zero-order chi connectivity index (χ0) is 10.5. The van der Waals surface area contributed by atoms with Gasteiger partial charge in [-0.2, -0.15) is 5.10 Å².